The van der Waals surface area contributed by atoms with Gasteiger partial charge in [0.1, 0.15) is 5.82 Å². The van der Waals surface area contributed by atoms with Crippen LogP contribution in [0.15, 0.2) is 51.5 Å². The number of nitrogens with zero attached hydrogens (tertiary/aromatic N) is 5. The fourth-order valence-corrected chi connectivity index (χ4v) is 4.75. The van der Waals surface area contributed by atoms with E-state index < -0.39 is 11.7 Å². The summed E-state index contributed by atoms with van der Waals surface area (Å²) in [5, 5.41) is 15.4. The molecule has 1 aliphatic carbocycles. The number of rotatable bonds is 7. The van der Waals surface area contributed by atoms with Crippen molar-refractivity contribution in [2.75, 3.05) is 0 Å². The van der Waals surface area contributed by atoms with Gasteiger partial charge >= 0.3 is 6.18 Å². The Labute approximate surface area is 183 Å². The van der Waals surface area contributed by atoms with E-state index in [4.69, 9.17) is 4.52 Å². The van der Waals surface area contributed by atoms with E-state index in [2.05, 4.69) is 31.0 Å². The molecular weight excluding hydrogens is 447 g/mol. The minimum Gasteiger partial charge on any atom is -0.338 e. The number of alkyl halides is 3. The molecule has 31 heavy (non-hydrogen) atoms. The molecular formula is C20H16F3N5OS2. The first-order valence-electron chi connectivity index (χ1n) is 9.56. The summed E-state index contributed by atoms with van der Waals surface area (Å²) in [4.78, 5) is 5.48. The van der Waals surface area contributed by atoms with E-state index in [1.54, 1.807) is 11.3 Å². The molecule has 3 heterocycles. The third-order valence-electron chi connectivity index (χ3n) is 4.80. The van der Waals surface area contributed by atoms with Crippen molar-refractivity contribution in [3.63, 3.8) is 0 Å². The van der Waals surface area contributed by atoms with Gasteiger partial charge in [0, 0.05) is 22.9 Å². The van der Waals surface area contributed by atoms with E-state index in [9.17, 15) is 13.2 Å². The second-order valence-corrected chi connectivity index (χ2v) is 9.11. The molecule has 0 atom stereocenters. The Balaban J connectivity index is 1.31. The van der Waals surface area contributed by atoms with E-state index in [0.29, 0.717) is 17.7 Å². The van der Waals surface area contributed by atoms with Crippen molar-refractivity contribution in [1.82, 2.24) is 24.9 Å². The monoisotopic (exact) mass is 463 g/mol. The van der Waals surface area contributed by atoms with Crippen LogP contribution in [0.3, 0.4) is 0 Å². The molecule has 1 fully saturated rings. The fourth-order valence-electron chi connectivity index (χ4n) is 3.19. The van der Waals surface area contributed by atoms with Crippen molar-refractivity contribution in [3.8, 4) is 11.4 Å². The summed E-state index contributed by atoms with van der Waals surface area (Å²) < 4.78 is 46.3. The molecule has 0 radical (unpaired) electrons. The van der Waals surface area contributed by atoms with Crippen molar-refractivity contribution in [1.29, 1.82) is 0 Å². The lowest BCUT2D eigenvalue weighted by atomic mass is 10.1. The Kier molecular flexibility index (Phi) is 5.30. The molecule has 5 rings (SSSR count). The van der Waals surface area contributed by atoms with Gasteiger partial charge in [0.05, 0.1) is 11.3 Å². The van der Waals surface area contributed by atoms with Crippen molar-refractivity contribution >= 4 is 23.1 Å². The molecule has 160 valence electrons. The van der Waals surface area contributed by atoms with Crippen LogP contribution in [0.1, 0.15) is 41.0 Å². The molecule has 1 saturated carbocycles. The molecule has 1 aliphatic rings. The summed E-state index contributed by atoms with van der Waals surface area (Å²) in [5.41, 5.74) is -0.490. The van der Waals surface area contributed by atoms with Crippen LogP contribution in [-0.2, 0) is 18.3 Å². The number of hydrogen-bond acceptors (Lipinski definition) is 7. The zero-order valence-electron chi connectivity index (χ0n) is 16.0. The van der Waals surface area contributed by atoms with Gasteiger partial charge in [-0.25, -0.2) is 0 Å². The first kappa shape index (κ1) is 20.3. The average Bonchev–Trinajstić information content (AvgIpc) is 3.14. The molecule has 1 aromatic carbocycles. The Morgan fingerprint density at radius 2 is 2.03 bits per heavy atom. The van der Waals surface area contributed by atoms with E-state index in [0.717, 1.165) is 42.4 Å². The Morgan fingerprint density at radius 1 is 1.16 bits per heavy atom. The van der Waals surface area contributed by atoms with Gasteiger partial charge in [-0.3, -0.25) is 0 Å². The van der Waals surface area contributed by atoms with Gasteiger partial charge in [0.25, 0.3) is 0 Å². The highest BCUT2D eigenvalue weighted by Gasteiger charge is 2.31. The van der Waals surface area contributed by atoms with Crippen LogP contribution in [0.2, 0.25) is 0 Å². The summed E-state index contributed by atoms with van der Waals surface area (Å²) in [6, 6.07) is 9.40. The minimum absolute atomic E-state index is 0.128. The van der Waals surface area contributed by atoms with Gasteiger partial charge in [-0.15, -0.1) is 21.5 Å². The van der Waals surface area contributed by atoms with Crippen molar-refractivity contribution < 1.29 is 17.7 Å². The second kappa shape index (κ2) is 8.12. The molecule has 0 amide bonds. The molecule has 0 N–H and O–H groups in total. The number of benzene rings is 1. The molecule has 0 unspecified atom stereocenters. The topological polar surface area (TPSA) is 69.6 Å². The lowest BCUT2D eigenvalue weighted by Crippen LogP contribution is -2.04. The molecule has 11 heteroatoms. The largest absolute Gasteiger partial charge is 0.416 e. The molecule has 0 bridgehead atoms. The molecule has 0 spiro atoms. The van der Waals surface area contributed by atoms with Gasteiger partial charge in [0.2, 0.25) is 11.7 Å². The van der Waals surface area contributed by atoms with Gasteiger partial charge in [0.15, 0.2) is 5.16 Å². The number of thioether (sulfide) groups is 1. The molecule has 0 saturated heterocycles. The Hall–Kier alpha value is -2.66. The predicted octanol–water partition coefficient (Wildman–Crippen LogP) is 5.63. The Morgan fingerprint density at radius 3 is 2.77 bits per heavy atom. The number of aromatic nitrogens is 5. The summed E-state index contributed by atoms with van der Waals surface area (Å²) >= 11 is 3.12. The highest BCUT2D eigenvalue weighted by molar-refractivity contribution is 7.98. The van der Waals surface area contributed by atoms with Crippen molar-refractivity contribution in [3.05, 3.63) is 63.9 Å². The first-order chi connectivity index (χ1) is 15.0. The van der Waals surface area contributed by atoms with Crippen molar-refractivity contribution in [2.45, 2.75) is 42.4 Å². The number of thiophene rings is 1. The van der Waals surface area contributed by atoms with E-state index >= 15 is 0 Å². The van der Waals surface area contributed by atoms with Crippen LogP contribution in [0.4, 0.5) is 13.2 Å². The van der Waals surface area contributed by atoms with Gasteiger partial charge in [-0.1, -0.05) is 35.1 Å². The zero-order chi connectivity index (χ0) is 21.4. The maximum atomic E-state index is 12.9. The summed E-state index contributed by atoms with van der Waals surface area (Å²) in [7, 11) is 0. The molecule has 3 aromatic heterocycles. The van der Waals surface area contributed by atoms with Crippen LogP contribution >= 0.6 is 23.1 Å². The van der Waals surface area contributed by atoms with Crippen LogP contribution in [0, 0.1) is 0 Å². The zero-order valence-corrected chi connectivity index (χ0v) is 17.7. The smallest absolute Gasteiger partial charge is 0.338 e. The van der Waals surface area contributed by atoms with E-state index in [1.807, 2.05) is 11.4 Å². The highest BCUT2D eigenvalue weighted by atomic mass is 32.2. The van der Waals surface area contributed by atoms with Gasteiger partial charge in [-0.2, -0.15) is 18.2 Å². The predicted molar refractivity (Wildman–Crippen MR) is 110 cm³/mol. The maximum absolute atomic E-state index is 12.9. The lowest BCUT2D eigenvalue weighted by Gasteiger charge is -2.07. The number of halogens is 3. The highest BCUT2D eigenvalue weighted by Crippen LogP contribution is 2.40. The minimum atomic E-state index is -4.42. The summed E-state index contributed by atoms with van der Waals surface area (Å²) in [5.74, 6) is 1.74. The third kappa shape index (κ3) is 4.52. The molecule has 6 nitrogen and oxygen atoms in total. The van der Waals surface area contributed by atoms with Crippen LogP contribution in [-0.4, -0.2) is 24.9 Å². The van der Waals surface area contributed by atoms with Crippen LogP contribution in [0.25, 0.3) is 11.4 Å². The lowest BCUT2D eigenvalue weighted by molar-refractivity contribution is -0.137. The quantitative estimate of drug-likeness (QED) is 0.331. The van der Waals surface area contributed by atoms with Gasteiger partial charge in [-0.05, 0) is 36.4 Å². The van der Waals surface area contributed by atoms with E-state index in [-0.39, 0.29) is 11.4 Å². The molecule has 0 aliphatic heterocycles. The van der Waals surface area contributed by atoms with Crippen LogP contribution < -0.4 is 0 Å². The summed E-state index contributed by atoms with van der Waals surface area (Å²) in [6.45, 7) is 0. The molecule has 4 aromatic rings. The maximum Gasteiger partial charge on any atom is 0.416 e. The van der Waals surface area contributed by atoms with Gasteiger partial charge < -0.3 is 9.09 Å². The fraction of sp³-hybridized carbons (Fsp3) is 0.300. The third-order valence-corrected chi connectivity index (χ3v) is 6.60. The standard InChI is InChI=1S/C20H16F3N5OS2/c21-20(22,23)13-4-1-3-12(9-13)18-24-17(29-27-18)11-31-19-26-25-16(28(19)14-6-7-14)10-15-5-2-8-30-15/h1-5,8-9,14H,6-7,10-11H2. The SMILES string of the molecule is FC(F)(F)c1cccc(-c2noc(CSc3nnc(Cc4cccs4)n3C3CC3)n2)c1. The second-order valence-electron chi connectivity index (χ2n) is 7.14. The average molecular weight is 464 g/mol. The summed E-state index contributed by atoms with van der Waals surface area (Å²) in [6.07, 6.45) is -1.49. The van der Waals surface area contributed by atoms with Crippen LogP contribution in [0.5, 0.6) is 0 Å². The Bertz CT molecular complexity index is 1180. The number of hydrogen-bond donors (Lipinski definition) is 0. The normalized spacial score (nSPS) is 14.3. The van der Waals surface area contributed by atoms with Crippen molar-refractivity contribution in [2.24, 2.45) is 0 Å². The first-order valence-corrected chi connectivity index (χ1v) is 11.4. The van der Waals surface area contributed by atoms with E-state index in [1.165, 1.54) is 28.8 Å².